The van der Waals surface area contributed by atoms with Crippen molar-refractivity contribution in [3.8, 4) is 11.5 Å². The Labute approximate surface area is 170 Å². The van der Waals surface area contributed by atoms with E-state index in [9.17, 15) is 4.79 Å². The minimum atomic E-state index is -1.20. The first kappa shape index (κ1) is 20.1. The van der Waals surface area contributed by atoms with Gasteiger partial charge in [0.1, 0.15) is 5.76 Å². The van der Waals surface area contributed by atoms with Crippen molar-refractivity contribution in [2.45, 2.75) is 32.5 Å². The van der Waals surface area contributed by atoms with E-state index in [4.69, 9.17) is 18.6 Å². The second-order valence-electron chi connectivity index (χ2n) is 7.76. The Balaban J connectivity index is 1.30. The van der Waals surface area contributed by atoms with E-state index in [1.807, 2.05) is 37.3 Å². The molecule has 2 fully saturated rings. The Morgan fingerprint density at radius 3 is 2.55 bits per heavy atom. The van der Waals surface area contributed by atoms with Crippen molar-refractivity contribution in [2.75, 3.05) is 39.5 Å². The normalized spacial score (nSPS) is 25.2. The Hall–Kier alpha value is -2.22. The molecule has 0 radical (unpaired) electrons. The largest absolute Gasteiger partial charge is 0.441 e. The first-order chi connectivity index (χ1) is 14.0. The van der Waals surface area contributed by atoms with Gasteiger partial charge in [0.2, 0.25) is 11.7 Å². The monoisotopic (exact) mass is 400 g/mol. The predicted molar refractivity (Wildman–Crippen MR) is 106 cm³/mol. The van der Waals surface area contributed by atoms with E-state index in [2.05, 4.69) is 4.98 Å². The van der Waals surface area contributed by atoms with Gasteiger partial charge in [-0.25, -0.2) is 4.98 Å². The highest BCUT2D eigenvalue weighted by molar-refractivity contribution is 5.83. The molecular formula is C22H28N2O5. The number of amides is 1. The van der Waals surface area contributed by atoms with E-state index in [1.165, 1.54) is 0 Å². The summed E-state index contributed by atoms with van der Waals surface area (Å²) in [6, 6.07) is 9.90. The molecule has 1 aromatic carbocycles. The van der Waals surface area contributed by atoms with Crippen LogP contribution in [0.2, 0.25) is 0 Å². The molecule has 4 rings (SSSR count). The maximum absolute atomic E-state index is 12.7. The van der Waals surface area contributed by atoms with E-state index in [0.717, 1.165) is 29.9 Å². The van der Waals surface area contributed by atoms with Crippen molar-refractivity contribution < 1.29 is 23.4 Å². The van der Waals surface area contributed by atoms with Gasteiger partial charge in [0.05, 0.1) is 32.1 Å². The minimum absolute atomic E-state index is 0.112. The predicted octanol–water partition coefficient (Wildman–Crippen LogP) is 2.82. The summed E-state index contributed by atoms with van der Waals surface area (Å²) in [5, 5.41) is 0. The van der Waals surface area contributed by atoms with E-state index < -0.39 is 5.79 Å². The second kappa shape index (κ2) is 8.65. The highest BCUT2D eigenvalue weighted by atomic mass is 16.7. The van der Waals surface area contributed by atoms with Gasteiger partial charge in [-0.2, -0.15) is 0 Å². The van der Waals surface area contributed by atoms with Crippen LogP contribution in [0.25, 0.3) is 11.5 Å². The number of rotatable bonds is 5. The maximum Gasteiger partial charge on any atom is 0.282 e. The molecule has 1 amide bonds. The molecule has 1 aromatic heterocycles. The first-order valence-electron chi connectivity index (χ1n) is 10.2. The molecule has 3 heterocycles. The molecule has 0 atom stereocenters. The van der Waals surface area contributed by atoms with E-state index in [1.54, 1.807) is 11.8 Å². The van der Waals surface area contributed by atoms with Gasteiger partial charge in [0, 0.05) is 24.6 Å². The first-order valence-corrected chi connectivity index (χ1v) is 10.2. The van der Waals surface area contributed by atoms with Crippen molar-refractivity contribution in [2.24, 2.45) is 5.92 Å². The second-order valence-corrected chi connectivity index (χ2v) is 7.76. The molecule has 0 bridgehead atoms. The van der Waals surface area contributed by atoms with Crippen molar-refractivity contribution >= 4 is 5.91 Å². The average molecular weight is 400 g/mol. The molecule has 0 N–H and O–H groups in total. The average Bonchev–Trinajstić information content (AvgIpc) is 3.15. The van der Waals surface area contributed by atoms with Crippen LogP contribution < -0.4 is 0 Å². The van der Waals surface area contributed by atoms with E-state index >= 15 is 0 Å². The zero-order valence-electron chi connectivity index (χ0n) is 17.1. The number of carbonyl (C=O) groups is 1. The topological polar surface area (TPSA) is 74.0 Å². The number of nitrogens with zero attached hydrogens (tertiary/aromatic N) is 2. The van der Waals surface area contributed by atoms with Crippen LogP contribution in [0.3, 0.4) is 0 Å². The summed E-state index contributed by atoms with van der Waals surface area (Å²) in [5.41, 5.74) is 1.94. The standard InChI is InChI=1S/C22H28N2O5/c1-16-19(23-20(29-16)18-6-4-3-5-7-18)9-8-17-14-27-22(2,28-15-17)21(25)24-10-12-26-13-11-24/h3-7,17H,8-15H2,1-2H3. The number of carbonyl (C=O) groups excluding carboxylic acids is 1. The summed E-state index contributed by atoms with van der Waals surface area (Å²) in [7, 11) is 0. The smallest absolute Gasteiger partial charge is 0.282 e. The Morgan fingerprint density at radius 2 is 1.86 bits per heavy atom. The molecule has 0 spiro atoms. The van der Waals surface area contributed by atoms with Crippen LogP contribution in [0.15, 0.2) is 34.7 Å². The van der Waals surface area contributed by atoms with Crippen molar-refractivity contribution in [1.82, 2.24) is 9.88 Å². The zero-order chi connectivity index (χ0) is 20.3. The molecule has 156 valence electrons. The van der Waals surface area contributed by atoms with Crippen LogP contribution in [0, 0.1) is 12.8 Å². The molecule has 2 aliphatic rings. The zero-order valence-corrected chi connectivity index (χ0v) is 17.1. The van der Waals surface area contributed by atoms with Crippen molar-refractivity contribution in [1.29, 1.82) is 0 Å². The number of hydrogen-bond donors (Lipinski definition) is 0. The van der Waals surface area contributed by atoms with Crippen molar-refractivity contribution in [3.05, 3.63) is 41.8 Å². The molecule has 7 nitrogen and oxygen atoms in total. The van der Waals surface area contributed by atoms with Crippen LogP contribution in [0.5, 0.6) is 0 Å². The number of oxazole rings is 1. The molecule has 7 heteroatoms. The van der Waals surface area contributed by atoms with Crippen molar-refractivity contribution in [3.63, 3.8) is 0 Å². The van der Waals surface area contributed by atoms with Crippen LogP contribution in [-0.4, -0.2) is 61.1 Å². The van der Waals surface area contributed by atoms with Gasteiger partial charge in [-0.1, -0.05) is 18.2 Å². The third-order valence-electron chi connectivity index (χ3n) is 5.58. The van der Waals surface area contributed by atoms with Crippen LogP contribution >= 0.6 is 0 Å². The lowest BCUT2D eigenvalue weighted by Crippen LogP contribution is -2.56. The lowest BCUT2D eigenvalue weighted by atomic mass is 10.0. The lowest BCUT2D eigenvalue weighted by Gasteiger charge is -2.40. The van der Waals surface area contributed by atoms with Gasteiger partial charge in [-0.05, 0) is 38.8 Å². The molecule has 0 saturated carbocycles. The van der Waals surface area contributed by atoms with Gasteiger partial charge in [0.15, 0.2) is 0 Å². The van der Waals surface area contributed by atoms with E-state index in [-0.39, 0.29) is 11.8 Å². The fourth-order valence-corrected chi connectivity index (χ4v) is 3.69. The summed E-state index contributed by atoms with van der Waals surface area (Å²) in [5.74, 6) is 0.403. The summed E-state index contributed by atoms with van der Waals surface area (Å²) in [6.45, 7) is 6.94. The minimum Gasteiger partial charge on any atom is -0.441 e. The summed E-state index contributed by atoms with van der Waals surface area (Å²) in [6.07, 6.45) is 1.65. The van der Waals surface area contributed by atoms with Crippen LogP contribution in [0.4, 0.5) is 0 Å². The Kier molecular flexibility index (Phi) is 5.99. The quantitative estimate of drug-likeness (QED) is 0.768. The number of benzene rings is 1. The number of aromatic nitrogens is 1. The lowest BCUT2D eigenvalue weighted by molar-refractivity contribution is -0.267. The van der Waals surface area contributed by atoms with Gasteiger partial charge >= 0.3 is 0 Å². The Bertz CT molecular complexity index is 821. The molecule has 2 saturated heterocycles. The summed E-state index contributed by atoms with van der Waals surface area (Å²) < 4.78 is 22.9. The molecule has 0 aliphatic carbocycles. The third-order valence-corrected chi connectivity index (χ3v) is 5.58. The summed E-state index contributed by atoms with van der Waals surface area (Å²) >= 11 is 0. The molecule has 2 aliphatic heterocycles. The Morgan fingerprint density at radius 1 is 1.17 bits per heavy atom. The number of aryl methyl sites for hydroxylation is 2. The highest BCUT2D eigenvalue weighted by Gasteiger charge is 2.43. The van der Waals surface area contributed by atoms with Crippen LogP contribution in [-0.2, 0) is 25.4 Å². The van der Waals surface area contributed by atoms with Crippen LogP contribution in [0.1, 0.15) is 24.8 Å². The molecule has 2 aromatic rings. The fourth-order valence-electron chi connectivity index (χ4n) is 3.69. The highest BCUT2D eigenvalue weighted by Crippen LogP contribution is 2.28. The van der Waals surface area contributed by atoms with E-state index in [0.29, 0.717) is 45.4 Å². The van der Waals surface area contributed by atoms with Gasteiger partial charge in [0.25, 0.3) is 5.91 Å². The third kappa shape index (κ3) is 4.52. The SMILES string of the molecule is Cc1oc(-c2ccccc2)nc1CCC1COC(C)(C(=O)N2CCOCC2)OC1. The maximum atomic E-state index is 12.7. The number of ether oxygens (including phenoxy) is 3. The molecular weight excluding hydrogens is 372 g/mol. The molecule has 29 heavy (non-hydrogen) atoms. The summed E-state index contributed by atoms with van der Waals surface area (Å²) in [4.78, 5) is 19.2. The molecule has 0 unspecified atom stereocenters. The number of hydrogen-bond acceptors (Lipinski definition) is 6. The van der Waals surface area contributed by atoms with Gasteiger partial charge in [-0.15, -0.1) is 0 Å². The van der Waals surface area contributed by atoms with Gasteiger partial charge in [-0.3, -0.25) is 4.79 Å². The fraction of sp³-hybridized carbons (Fsp3) is 0.545. The van der Waals surface area contributed by atoms with Gasteiger partial charge < -0.3 is 23.5 Å². The number of morpholine rings is 1.